The summed E-state index contributed by atoms with van der Waals surface area (Å²) < 4.78 is 10.8. The van der Waals surface area contributed by atoms with Crippen LogP contribution in [-0.4, -0.2) is 46.4 Å². The van der Waals surface area contributed by atoms with E-state index >= 15 is 0 Å². The third-order valence-corrected chi connectivity index (χ3v) is 5.57. The van der Waals surface area contributed by atoms with Crippen LogP contribution in [0.3, 0.4) is 0 Å². The third kappa shape index (κ3) is 5.49. The lowest BCUT2D eigenvalue weighted by Gasteiger charge is -2.42. The highest BCUT2D eigenvalue weighted by atomic mass is 127. The SMILES string of the molecule is CN=C(NCCc1ccc2c(c1)CCO2)NCC1(CCOC)CCC1.I. The van der Waals surface area contributed by atoms with Crippen molar-refractivity contribution in [3.05, 3.63) is 29.3 Å². The first kappa shape index (κ1) is 21.3. The van der Waals surface area contributed by atoms with Crippen molar-refractivity contribution < 1.29 is 9.47 Å². The van der Waals surface area contributed by atoms with Crippen molar-refractivity contribution in [2.24, 2.45) is 10.4 Å². The Hall–Kier alpha value is -1.02. The molecule has 0 unspecified atom stereocenters. The lowest BCUT2D eigenvalue weighted by molar-refractivity contribution is 0.0732. The van der Waals surface area contributed by atoms with E-state index in [1.54, 1.807) is 7.11 Å². The maximum Gasteiger partial charge on any atom is 0.191 e. The predicted molar refractivity (Wildman–Crippen MR) is 117 cm³/mol. The third-order valence-electron chi connectivity index (χ3n) is 5.57. The first-order chi connectivity index (χ1) is 12.2. The quantitative estimate of drug-likeness (QED) is 0.346. The van der Waals surface area contributed by atoms with Crippen LogP contribution in [0.2, 0.25) is 0 Å². The molecule has 6 heteroatoms. The van der Waals surface area contributed by atoms with Gasteiger partial charge in [-0.3, -0.25) is 4.99 Å². The van der Waals surface area contributed by atoms with Crippen LogP contribution in [0.25, 0.3) is 0 Å². The van der Waals surface area contributed by atoms with Crippen LogP contribution < -0.4 is 15.4 Å². The van der Waals surface area contributed by atoms with E-state index in [9.17, 15) is 0 Å². The summed E-state index contributed by atoms with van der Waals surface area (Å²) in [5, 5.41) is 6.95. The zero-order valence-electron chi connectivity index (χ0n) is 16.0. The van der Waals surface area contributed by atoms with Gasteiger partial charge in [-0.2, -0.15) is 0 Å². The number of aliphatic imine (C=N–C) groups is 1. The van der Waals surface area contributed by atoms with Crippen LogP contribution in [0.1, 0.15) is 36.8 Å². The molecule has 1 aromatic rings. The minimum absolute atomic E-state index is 0. The molecule has 3 rings (SSSR count). The molecule has 0 aromatic heterocycles. The van der Waals surface area contributed by atoms with Gasteiger partial charge in [-0.1, -0.05) is 18.6 Å². The van der Waals surface area contributed by atoms with E-state index in [0.29, 0.717) is 5.41 Å². The summed E-state index contributed by atoms with van der Waals surface area (Å²) in [5.41, 5.74) is 3.08. The lowest BCUT2D eigenvalue weighted by atomic mass is 9.67. The number of hydrogen-bond acceptors (Lipinski definition) is 3. The summed E-state index contributed by atoms with van der Waals surface area (Å²) in [4.78, 5) is 4.36. The van der Waals surface area contributed by atoms with Gasteiger partial charge in [0.05, 0.1) is 6.61 Å². The Morgan fingerprint density at radius 2 is 2.15 bits per heavy atom. The smallest absolute Gasteiger partial charge is 0.191 e. The van der Waals surface area contributed by atoms with Crippen LogP contribution in [0, 0.1) is 5.41 Å². The van der Waals surface area contributed by atoms with E-state index in [4.69, 9.17) is 9.47 Å². The van der Waals surface area contributed by atoms with E-state index < -0.39 is 0 Å². The average Bonchev–Trinajstić information content (AvgIpc) is 3.06. The van der Waals surface area contributed by atoms with Gasteiger partial charge in [0.15, 0.2) is 5.96 Å². The lowest BCUT2D eigenvalue weighted by Crippen LogP contribution is -2.47. The molecule has 0 atom stereocenters. The van der Waals surface area contributed by atoms with Crippen molar-refractivity contribution in [1.82, 2.24) is 10.6 Å². The zero-order valence-corrected chi connectivity index (χ0v) is 18.3. The monoisotopic (exact) mass is 473 g/mol. The number of nitrogens with one attached hydrogen (secondary N) is 2. The van der Waals surface area contributed by atoms with Gasteiger partial charge >= 0.3 is 0 Å². The topological polar surface area (TPSA) is 54.9 Å². The average molecular weight is 473 g/mol. The van der Waals surface area contributed by atoms with E-state index in [1.165, 1.54) is 30.4 Å². The maximum absolute atomic E-state index is 5.57. The molecule has 1 aromatic carbocycles. The van der Waals surface area contributed by atoms with Crippen molar-refractivity contribution in [1.29, 1.82) is 0 Å². The minimum atomic E-state index is 0. The Morgan fingerprint density at radius 1 is 1.31 bits per heavy atom. The van der Waals surface area contributed by atoms with Gasteiger partial charge in [-0.05, 0) is 48.3 Å². The van der Waals surface area contributed by atoms with Crippen LogP contribution in [-0.2, 0) is 17.6 Å². The molecule has 0 saturated heterocycles. The van der Waals surface area contributed by atoms with Crippen molar-refractivity contribution in [2.75, 3.05) is 40.5 Å². The Morgan fingerprint density at radius 3 is 2.85 bits per heavy atom. The molecule has 0 bridgehead atoms. The number of guanidine groups is 1. The minimum Gasteiger partial charge on any atom is -0.493 e. The van der Waals surface area contributed by atoms with Gasteiger partial charge in [-0.15, -0.1) is 24.0 Å². The fraction of sp³-hybridized carbons (Fsp3) is 0.650. The Labute approximate surface area is 174 Å². The molecule has 1 saturated carbocycles. The number of halogens is 1. The van der Waals surface area contributed by atoms with Gasteiger partial charge in [0, 0.05) is 40.3 Å². The molecule has 1 aliphatic heterocycles. The largest absolute Gasteiger partial charge is 0.493 e. The second-order valence-electron chi connectivity index (χ2n) is 7.24. The molecular weight excluding hydrogens is 441 g/mol. The Balaban J connectivity index is 0.00000243. The number of rotatable bonds is 8. The first-order valence-corrected chi connectivity index (χ1v) is 9.43. The zero-order chi connectivity index (χ0) is 17.5. The van der Waals surface area contributed by atoms with Gasteiger partial charge in [0.1, 0.15) is 5.75 Å². The molecular formula is C20H32IN3O2. The predicted octanol–water partition coefficient (Wildman–Crippen LogP) is 3.15. The summed E-state index contributed by atoms with van der Waals surface area (Å²) in [5.74, 6) is 1.95. The molecule has 1 aliphatic carbocycles. The highest BCUT2D eigenvalue weighted by Gasteiger charge is 2.36. The molecule has 5 nitrogen and oxygen atoms in total. The van der Waals surface area contributed by atoms with E-state index in [0.717, 1.165) is 57.3 Å². The molecule has 1 heterocycles. The second-order valence-corrected chi connectivity index (χ2v) is 7.24. The number of nitrogens with zero attached hydrogens (tertiary/aromatic N) is 1. The van der Waals surface area contributed by atoms with Crippen molar-refractivity contribution in [3.63, 3.8) is 0 Å². The van der Waals surface area contributed by atoms with Crippen LogP contribution in [0.15, 0.2) is 23.2 Å². The van der Waals surface area contributed by atoms with Gasteiger partial charge in [0.25, 0.3) is 0 Å². The maximum atomic E-state index is 5.57. The molecule has 0 spiro atoms. The van der Waals surface area contributed by atoms with Gasteiger partial charge in [0.2, 0.25) is 0 Å². The van der Waals surface area contributed by atoms with Gasteiger partial charge in [-0.25, -0.2) is 0 Å². The number of hydrogen-bond donors (Lipinski definition) is 2. The van der Waals surface area contributed by atoms with Crippen molar-refractivity contribution >= 4 is 29.9 Å². The molecule has 2 aliphatic rings. The van der Waals surface area contributed by atoms with Crippen molar-refractivity contribution in [3.8, 4) is 5.75 Å². The van der Waals surface area contributed by atoms with Crippen LogP contribution in [0.4, 0.5) is 0 Å². The fourth-order valence-electron chi connectivity index (χ4n) is 3.72. The molecule has 2 N–H and O–H groups in total. The number of ether oxygens (including phenoxy) is 2. The molecule has 26 heavy (non-hydrogen) atoms. The normalized spacial score (nSPS) is 17.5. The van der Waals surface area contributed by atoms with Crippen LogP contribution in [0.5, 0.6) is 5.75 Å². The Kier molecular flexibility index (Phi) is 8.47. The molecule has 146 valence electrons. The van der Waals surface area contributed by atoms with Crippen molar-refractivity contribution in [2.45, 2.75) is 38.5 Å². The summed E-state index contributed by atoms with van der Waals surface area (Å²) in [6, 6.07) is 6.53. The standard InChI is InChI=1S/C20H31N3O2.HI/c1-21-19(23-15-20(8-3-9-20)10-13-24-2)22-11-6-16-4-5-18-17(14-16)7-12-25-18;/h4-5,14H,3,6-13,15H2,1-2H3,(H2,21,22,23);1H. The second kappa shape index (κ2) is 10.3. The van der Waals surface area contributed by atoms with E-state index in [-0.39, 0.29) is 24.0 Å². The van der Waals surface area contributed by atoms with Gasteiger partial charge < -0.3 is 20.1 Å². The summed E-state index contributed by atoms with van der Waals surface area (Å²) in [6.45, 7) is 3.52. The van der Waals surface area contributed by atoms with E-state index in [1.807, 2.05) is 7.05 Å². The number of methoxy groups -OCH3 is 1. The summed E-state index contributed by atoms with van der Waals surface area (Å²) >= 11 is 0. The van der Waals surface area contributed by atoms with E-state index in [2.05, 4.69) is 33.8 Å². The first-order valence-electron chi connectivity index (χ1n) is 9.43. The molecule has 0 radical (unpaired) electrons. The Bertz CT molecular complexity index is 603. The fourth-order valence-corrected chi connectivity index (χ4v) is 3.72. The highest BCUT2D eigenvalue weighted by Crippen LogP contribution is 2.43. The highest BCUT2D eigenvalue weighted by molar-refractivity contribution is 14.0. The summed E-state index contributed by atoms with van der Waals surface area (Å²) in [7, 11) is 3.62. The van der Waals surface area contributed by atoms with Crippen LogP contribution >= 0.6 is 24.0 Å². The number of benzene rings is 1. The molecule has 0 amide bonds. The molecule has 1 fully saturated rings. The summed E-state index contributed by atoms with van der Waals surface area (Å²) in [6.07, 6.45) is 7.06. The number of fused-ring (bicyclic) bond motifs is 1.